The summed E-state index contributed by atoms with van der Waals surface area (Å²) in [6.07, 6.45) is 0.960. The minimum absolute atomic E-state index is 0.139. The standard InChI is InChI=1S/C17H17Cl2NO/c1-20-17(14-7-6-11(18)10-15(14)19)13-8-9-21-16-5-3-2-4-12(13)16/h2-7,10,13,17,20H,8-9H2,1H3. The Balaban J connectivity index is 2.01. The van der Waals surface area contributed by atoms with Gasteiger partial charge in [0.2, 0.25) is 0 Å². The second kappa shape index (κ2) is 6.27. The molecule has 2 unspecified atom stereocenters. The monoisotopic (exact) mass is 321 g/mol. The predicted octanol–water partition coefficient (Wildman–Crippen LogP) is 4.82. The highest BCUT2D eigenvalue weighted by molar-refractivity contribution is 6.35. The molecule has 2 nitrogen and oxygen atoms in total. The van der Waals surface area contributed by atoms with Crippen LogP contribution < -0.4 is 10.1 Å². The van der Waals surface area contributed by atoms with E-state index in [9.17, 15) is 0 Å². The lowest BCUT2D eigenvalue weighted by Gasteiger charge is -2.33. The number of ether oxygens (including phenoxy) is 1. The molecule has 0 aliphatic carbocycles. The van der Waals surface area contributed by atoms with E-state index in [1.165, 1.54) is 5.56 Å². The Hall–Kier alpha value is -1.22. The summed E-state index contributed by atoms with van der Waals surface area (Å²) in [5.41, 5.74) is 2.30. The highest BCUT2D eigenvalue weighted by atomic mass is 35.5. The number of likely N-dealkylation sites (N-methyl/N-ethyl adjacent to an activating group) is 1. The van der Waals surface area contributed by atoms with E-state index >= 15 is 0 Å². The number of nitrogens with one attached hydrogen (secondary N) is 1. The maximum Gasteiger partial charge on any atom is 0.122 e. The van der Waals surface area contributed by atoms with E-state index in [1.807, 2.05) is 31.3 Å². The van der Waals surface area contributed by atoms with Crippen molar-refractivity contribution in [2.45, 2.75) is 18.4 Å². The third-order valence-corrected chi connectivity index (χ3v) is 4.58. The average Bonchev–Trinajstić information content (AvgIpc) is 2.50. The van der Waals surface area contributed by atoms with Crippen LogP contribution in [-0.2, 0) is 0 Å². The number of halogens is 2. The van der Waals surface area contributed by atoms with Gasteiger partial charge in [-0.1, -0.05) is 47.5 Å². The lowest BCUT2D eigenvalue weighted by Crippen LogP contribution is -2.28. The van der Waals surface area contributed by atoms with E-state index in [2.05, 4.69) is 17.4 Å². The van der Waals surface area contributed by atoms with E-state index in [4.69, 9.17) is 27.9 Å². The van der Waals surface area contributed by atoms with Crippen molar-refractivity contribution in [1.82, 2.24) is 5.32 Å². The molecule has 21 heavy (non-hydrogen) atoms. The second-order valence-electron chi connectivity index (χ2n) is 5.21. The first-order valence-corrected chi connectivity index (χ1v) is 7.80. The minimum atomic E-state index is 0.139. The minimum Gasteiger partial charge on any atom is -0.493 e. The van der Waals surface area contributed by atoms with Crippen molar-refractivity contribution in [1.29, 1.82) is 0 Å². The van der Waals surface area contributed by atoms with Crippen LogP contribution in [0, 0.1) is 0 Å². The molecule has 0 fully saturated rings. The number of fused-ring (bicyclic) bond motifs is 1. The molecule has 0 saturated carbocycles. The summed E-state index contributed by atoms with van der Waals surface area (Å²) in [4.78, 5) is 0. The molecule has 0 aromatic heterocycles. The summed E-state index contributed by atoms with van der Waals surface area (Å²) in [6, 6.07) is 14.0. The average molecular weight is 322 g/mol. The largest absolute Gasteiger partial charge is 0.493 e. The fourth-order valence-corrected chi connectivity index (χ4v) is 3.57. The van der Waals surface area contributed by atoms with Gasteiger partial charge in [-0.3, -0.25) is 0 Å². The normalized spacial score (nSPS) is 18.7. The zero-order valence-electron chi connectivity index (χ0n) is 11.8. The van der Waals surface area contributed by atoms with Crippen LogP contribution in [0.3, 0.4) is 0 Å². The second-order valence-corrected chi connectivity index (χ2v) is 6.06. The zero-order valence-corrected chi connectivity index (χ0v) is 13.3. The maximum atomic E-state index is 6.39. The van der Waals surface area contributed by atoms with Crippen molar-refractivity contribution in [3.05, 3.63) is 63.6 Å². The first kappa shape index (κ1) is 14.7. The third-order valence-electron chi connectivity index (χ3n) is 4.02. The number of para-hydroxylation sites is 1. The van der Waals surface area contributed by atoms with Crippen molar-refractivity contribution in [2.75, 3.05) is 13.7 Å². The number of benzene rings is 2. The first-order chi connectivity index (χ1) is 10.2. The van der Waals surface area contributed by atoms with E-state index in [1.54, 1.807) is 6.07 Å². The summed E-state index contributed by atoms with van der Waals surface area (Å²) < 4.78 is 5.75. The first-order valence-electron chi connectivity index (χ1n) is 7.04. The van der Waals surface area contributed by atoms with E-state index in [0.717, 1.165) is 24.3 Å². The molecule has 0 spiro atoms. The fourth-order valence-electron chi connectivity index (χ4n) is 3.04. The molecule has 2 atom stereocenters. The highest BCUT2D eigenvalue weighted by Gasteiger charge is 2.30. The molecule has 1 aliphatic rings. The van der Waals surface area contributed by atoms with Crippen LogP contribution in [0.5, 0.6) is 5.75 Å². The van der Waals surface area contributed by atoms with Gasteiger partial charge in [-0.05, 0) is 42.8 Å². The van der Waals surface area contributed by atoms with Gasteiger partial charge in [0.25, 0.3) is 0 Å². The van der Waals surface area contributed by atoms with Crippen molar-refractivity contribution in [2.24, 2.45) is 0 Å². The molecule has 3 rings (SSSR count). The van der Waals surface area contributed by atoms with E-state index < -0.39 is 0 Å². The van der Waals surface area contributed by atoms with Gasteiger partial charge < -0.3 is 10.1 Å². The summed E-state index contributed by atoms with van der Waals surface area (Å²) in [6.45, 7) is 0.727. The molecule has 110 valence electrons. The summed E-state index contributed by atoms with van der Waals surface area (Å²) in [5, 5.41) is 4.76. The van der Waals surface area contributed by atoms with E-state index in [0.29, 0.717) is 16.0 Å². The van der Waals surface area contributed by atoms with Gasteiger partial charge >= 0.3 is 0 Å². The molecular formula is C17H17Cl2NO. The lowest BCUT2D eigenvalue weighted by atomic mass is 9.83. The van der Waals surface area contributed by atoms with Gasteiger partial charge in [-0.25, -0.2) is 0 Å². The molecule has 0 amide bonds. The molecule has 0 bridgehead atoms. The van der Waals surface area contributed by atoms with Crippen molar-refractivity contribution in [3.8, 4) is 5.75 Å². The van der Waals surface area contributed by atoms with Crippen molar-refractivity contribution in [3.63, 3.8) is 0 Å². The van der Waals surface area contributed by atoms with Crippen molar-refractivity contribution >= 4 is 23.2 Å². The Morgan fingerprint density at radius 2 is 2.00 bits per heavy atom. The molecule has 2 aromatic carbocycles. The highest BCUT2D eigenvalue weighted by Crippen LogP contribution is 2.43. The number of rotatable bonds is 3. The van der Waals surface area contributed by atoms with Crippen molar-refractivity contribution < 1.29 is 4.74 Å². The summed E-state index contributed by atoms with van der Waals surface area (Å²) >= 11 is 12.4. The van der Waals surface area contributed by atoms with Gasteiger partial charge in [-0.2, -0.15) is 0 Å². The summed E-state index contributed by atoms with van der Waals surface area (Å²) in [7, 11) is 1.97. The Morgan fingerprint density at radius 1 is 1.19 bits per heavy atom. The Kier molecular flexibility index (Phi) is 4.39. The Morgan fingerprint density at radius 3 is 2.76 bits per heavy atom. The van der Waals surface area contributed by atoms with Gasteiger partial charge in [-0.15, -0.1) is 0 Å². The van der Waals surface area contributed by atoms with Crippen LogP contribution in [0.15, 0.2) is 42.5 Å². The SMILES string of the molecule is CNC(c1ccc(Cl)cc1Cl)C1CCOc2ccccc21. The zero-order chi connectivity index (χ0) is 14.8. The van der Waals surface area contributed by atoms with Crippen LogP contribution in [0.25, 0.3) is 0 Å². The third kappa shape index (κ3) is 2.89. The lowest BCUT2D eigenvalue weighted by molar-refractivity contribution is 0.248. The van der Waals surface area contributed by atoms with Gasteiger partial charge in [0, 0.05) is 22.0 Å². The molecule has 0 radical (unpaired) electrons. The molecule has 1 aliphatic heterocycles. The smallest absolute Gasteiger partial charge is 0.122 e. The Labute approximate surface area is 135 Å². The molecular weight excluding hydrogens is 305 g/mol. The molecule has 2 aromatic rings. The number of hydrogen-bond donors (Lipinski definition) is 1. The number of hydrogen-bond acceptors (Lipinski definition) is 2. The van der Waals surface area contributed by atoms with Gasteiger partial charge in [0.1, 0.15) is 5.75 Å². The van der Waals surface area contributed by atoms with E-state index in [-0.39, 0.29) is 6.04 Å². The van der Waals surface area contributed by atoms with Crippen LogP contribution in [0.1, 0.15) is 29.5 Å². The molecule has 0 saturated heterocycles. The summed E-state index contributed by atoms with van der Waals surface area (Å²) in [5.74, 6) is 1.30. The van der Waals surface area contributed by atoms with Gasteiger partial charge in [0.05, 0.1) is 6.61 Å². The Bertz CT molecular complexity index is 644. The molecule has 1 N–H and O–H groups in total. The fraction of sp³-hybridized carbons (Fsp3) is 0.294. The predicted molar refractivity (Wildman–Crippen MR) is 87.6 cm³/mol. The topological polar surface area (TPSA) is 21.3 Å². The quantitative estimate of drug-likeness (QED) is 0.875. The van der Waals surface area contributed by atoms with Gasteiger partial charge in [0.15, 0.2) is 0 Å². The van der Waals surface area contributed by atoms with Crippen LogP contribution in [0.4, 0.5) is 0 Å². The molecule has 1 heterocycles. The molecule has 4 heteroatoms. The maximum absolute atomic E-state index is 6.39. The van der Waals surface area contributed by atoms with Crippen LogP contribution in [-0.4, -0.2) is 13.7 Å². The van der Waals surface area contributed by atoms with Crippen LogP contribution in [0.2, 0.25) is 10.0 Å². The van der Waals surface area contributed by atoms with Crippen LogP contribution >= 0.6 is 23.2 Å².